The Kier molecular flexibility index (Phi) is 3.47. The molecule has 1 heterocycles. The third-order valence-electron chi connectivity index (χ3n) is 1.46. The van der Waals surface area contributed by atoms with Crippen molar-refractivity contribution in [2.45, 2.75) is 26.3 Å². The molecule has 0 unspecified atom stereocenters. The van der Waals surface area contributed by atoms with Gasteiger partial charge in [0, 0.05) is 5.54 Å². The van der Waals surface area contributed by atoms with E-state index in [1.54, 1.807) is 17.5 Å². The number of rotatable bonds is 1. The number of hydrogen-bond donors (Lipinski definition) is 2. The molecule has 0 spiro atoms. The largest absolute Gasteiger partial charge is 0.333 e. The third-order valence-corrected chi connectivity index (χ3v) is 2.33. The van der Waals surface area contributed by atoms with Crippen LogP contribution >= 0.6 is 11.3 Å². The molecule has 0 saturated carbocycles. The molecule has 1 aromatic heterocycles. The molecule has 0 aliphatic carbocycles. The number of carbonyl (C=O) groups excluding carboxylic acids is 2. The van der Waals surface area contributed by atoms with Crippen molar-refractivity contribution in [2.24, 2.45) is 0 Å². The number of nitrogens with one attached hydrogen (secondary N) is 2. The SMILES string of the molecule is CC(C)(C)NC(=O)NC(=O)c1cccs1. The lowest BCUT2D eigenvalue weighted by Gasteiger charge is -2.20. The first-order chi connectivity index (χ1) is 6.88. The Morgan fingerprint density at radius 2 is 2.00 bits per heavy atom. The van der Waals surface area contributed by atoms with Crippen LogP contribution in [0.5, 0.6) is 0 Å². The Balaban J connectivity index is 2.50. The van der Waals surface area contributed by atoms with Crippen LogP contribution in [-0.2, 0) is 0 Å². The maximum atomic E-state index is 11.4. The monoisotopic (exact) mass is 226 g/mol. The van der Waals surface area contributed by atoms with Gasteiger partial charge in [-0.15, -0.1) is 11.3 Å². The van der Waals surface area contributed by atoms with Crippen molar-refractivity contribution in [3.8, 4) is 0 Å². The summed E-state index contributed by atoms with van der Waals surface area (Å²) in [6, 6.07) is 2.96. The summed E-state index contributed by atoms with van der Waals surface area (Å²) < 4.78 is 0. The topological polar surface area (TPSA) is 58.2 Å². The highest BCUT2D eigenvalue weighted by Crippen LogP contribution is 2.07. The molecular formula is C10H14N2O2S. The summed E-state index contributed by atoms with van der Waals surface area (Å²) in [6.45, 7) is 5.55. The molecule has 2 N–H and O–H groups in total. The molecule has 0 radical (unpaired) electrons. The minimum atomic E-state index is -0.471. The van der Waals surface area contributed by atoms with Gasteiger partial charge in [0.2, 0.25) is 0 Å². The molecule has 1 rings (SSSR count). The van der Waals surface area contributed by atoms with E-state index in [1.165, 1.54) is 11.3 Å². The first-order valence-electron chi connectivity index (χ1n) is 4.55. The van der Waals surface area contributed by atoms with Crippen molar-refractivity contribution in [1.82, 2.24) is 10.6 Å². The zero-order chi connectivity index (χ0) is 11.5. The van der Waals surface area contributed by atoms with E-state index in [0.29, 0.717) is 4.88 Å². The Hall–Kier alpha value is -1.36. The van der Waals surface area contributed by atoms with Gasteiger partial charge < -0.3 is 5.32 Å². The average Bonchev–Trinajstić information content (AvgIpc) is 2.50. The molecule has 4 nitrogen and oxygen atoms in total. The molecule has 5 heteroatoms. The first kappa shape index (κ1) is 11.7. The van der Waals surface area contributed by atoms with Crippen LogP contribution in [-0.4, -0.2) is 17.5 Å². The van der Waals surface area contributed by atoms with E-state index in [-0.39, 0.29) is 11.4 Å². The van der Waals surface area contributed by atoms with Crippen LogP contribution in [0, 0.1) is 0 Å². The predicted octanol–water partition coefficient (Wildman–Crippen LogP) is 1.99. The van der Waals surface area contributed by atoms with E-state index in [0.717, 1.165) is 0 Å². The molecule has 82 valence electrons. The van der Waals surface area contributed by atoms with Crippen molar-refractivity contribution in [3.05, 3.63) is 22.4 Å². The fraction of sp³-hybridized carbons (Fsp3) is 0.400. The van der Waals surface area contributed by atoms with Crippen molar-refractivity contribution in [3.63, 3.8) is 0 Å². The van der Waals surface area contributed by atoms with Gasteiger partial charge in [-0.05, 0) is 32.2 Å². The highest BCUT2D eigenvalue weighted by atomic mass is 32.1. The maximum Gasteiger partial charge on any atom is 0.322 e. The molecule has 0 aliphatic rings. The summed E-state index contributed by atoms with van der Waals surface area (Å²) in [6.07, 6.45) is 0. The smallest absolute Gasteiger partial charge is 0.322 e. The van der Waals surface area contributed by atoms with Gasteiger partial charge >= 0.3 is 6.03 Å². The van der Waals surface area contributed by atoms with Crippen LogP contribution in [0.15, 0.2) is 17.5 Å². The van der Waals surface area contributed by atoms with Gasteiger partial charge in [-0.3, -0.25) is 10.1 Å². The van der Waals surface area contributed by atoms with E-state index in [9.17, 15) is 9.59 Å². The number of amides is 3. The fourth-order valence-electron chi connectivity index (χ4n) is 0.944. The van der Waals surface area contributed by atoms with Gasteiger partial charge in [0.05, 0.1) is 4.88 Å². The predicted molar refractivity (Wildman–Crippen MR) is 60.1 cm³/mol. The summed E-state index contributed by atoms with van der Waals surface area (Å²) in [5, 5.41) is 6.69. The quantitative estimate of drug-likeness (QED) is 0.769. The van der Waals surface area contributed by atoms with Gasteiger partial charge in [0.1, 0.15) is 0 Å². The summed E-state index contributed by atoms with van der Waals surface area (Å²) in [5.74, 6) is -0.369. The fourth-order valence-corrected chi connectivity index (χ4v) is 1.56. The van der Waals surface area contributed by atoms with Crippen molar-refractivity contribution < 1.29 is 9.59 Å². The van der Waals surface area contributed by atoms with Crippen LogP contribution in [0.1, 0.15) is 30.4 Å². The maximum absolute atomic E-state index is 11.4. The van der Waals surface area contributed by atoms with E-state index in [1.807, 2.05) is 20.8 Å². The molecule has 15 heavy (non-hydrogen) atoms. The van der Waals surface area contributed by atoms with Crippen LogP contribution in [0.4, 0.5) is 4.79 Å². The Labute approximate surface area is 92.7 Å². The Bertz CT molecular complexity index is 352. The molecule has 0 fully saturated rings. The average molecular weight is 226 g/mol. The van der Waals surface area contributed by atoms with Gasteiger partial charge in [0.15, 0.2) is 0 Å². The highest BCUT2D eigenvalue weighted by molar-refractivity contribution is 7.12. The lowest BCUT2D eigenvalue weighted by atomic mass is 10.1. The summed E-state index contributed by atoms with van der Waals surface area (Å²) in [7, 11) is 0. The minimum Gasteiger partial charge on any atom is -0.333 e. The van der Waals surface area contributed by atoms with Crippen LogP contribution in [0.3, 0.4) is 0 Å². The van der Waals surface area contributed by atoms with Gasteiger partial charge in [0.25, 0.3) is 5.91 Å². The van der Waals surface area contributed by atoms with Crippen molar-refractivity contribution in [2.75, 3.05) is 0 Å². The van der Waals surface area contributed by atoms with Gasteiger partial charge in [-0.2, -0.15) is 0 Å². The van der Waals surface area contributed by atoms with Gasteiger partial charge in [-0.25, -0.2) is 4.79 Å². The standard InChI is InChI=1S/C10H14N2O2S/c1-10(2,3)12-9(14)11-8(13)7-5-4-6-15-7/h4-6H,1-3H3,(H2,11,12,13,14). The molecule has 1 aromatic rings. The lowest BCUT2D eigenvalue weighted by Crippen LogP contribution is -2.48. The minimum absolute atomic E-state index is 0.347. The normalized spacial score (nSPS) is 10.9. The first-order valence-corrected chi connectivity index (χ1v) is 5.43. The number of thiophene rings is 1. The van der Waals surface area contributed by atoms with E-state index < -0.39 is 6.03 Å². The molecule has 0 atom stereocenters. The summed E-state index contributed by atoms with van der Waals surface area (Å²) >= 11 is 1.30. The molecule has 0 bridgehead atoms. The third kappa shape index (κ3) is 4.12. The molecule has 0 aliphatic heterocycles. The summed E-state index contributed by atoms with van der Waals surface area (Å²) in [5.41, 5.74) is -0.347. The molecular weight excluding hydrogens is 212 g/mol. The zero-order valence-electron chi connectivity index (χ0n) is 8.96. The van der Waals surface area contributed by atoms with E-state index >= 15 is 0 Å². The van der Waals surface area contributed by atoms with E-state index in [2.05, 4.69) is 10.6 Å². The number of carbonyl (C=O) groups is 2. The zero-order valence-corrected chi connectivity index (χ0v) is 9.77. The van der Waals surface area contributed by atoms with Crippen LogP contribution in [0.25, 0.3) is 0 Å². The Morgan fingerprint density at radius 3 is 2.47 bits per heavy atom. The molecule has 0 saturated heterocycles. The van der Waals surface area contributed by atoms with Crippen molar-refractivity contribution in [1.29, 1.82) is 0 Å². The number of imide groups is 1. The van der Waals surface area contributed by atoms with Crippen molar-refractivity contribution >= 4 is 23.3 Å². The second-order valence-electron chi connectivity index (χ2n) is 4.14. The number of hydrogen-bond acceptors (Lipinski definition) is 3. The summed E-state index contributed by atoms with van der Waals surface area (Å²) in [4.78, 5) is 23.3. The second-order valence-corrected chi connectivity index (χ2v) is 5.08. The van der Waals surface area contributed by atoms with Gasteiger partial charge in [-0.1, -0.05) is 6.07 Å². The highest BCUT2D eigenvalue weighted by Gasteiger charge is 2.16. The Morgan fingerprint density at radius 1 is 1.33 bits per heavy atom. The lowest BCUT2D eigenvalue weighted by molar-refractivity contribution is 0.0966. The van der Waals surface area contributed by atoms with E-state index in [4.69, 9.17) is 0 Å². The second kappa shape index (κ2) is 4.44. The number of urea groups is 1. The molecule has 0 aromatic carbocycles. The molecule has 3 amide bonds. The van der Waals surface area contributed by atoms with Crippen LogP contribution < -0.4 is 10.6 Å². The van der Waals surface area contributed by atoms with Crippen LogP contribution in [0.2, 0.25) is 0 Å².